The molecule has 0 bridgehead atoms. The van der Waals surface area contributed by atoms with E-state index in [0.29, 0.717) is 18.7 Å². The Bertz CT molecular complexity index is 808. The molecule has 2 amide bonds. The summed E-state index contributed by atoms with van der Waals surface area (Å²) in [5.41, 5.74) is 1.62. The number of amides is 2. The van der Waals surface area contributed by atoms with Crippen molar-refractivity contribution in [3.05, 3.63) is 77.5 Å². The van der Waals surface area contributed by atoms with Crippen LogP contribution in [-0.2, 0) is 9.53 Å². The zero-order valence-corrected chi connectivity index (χ0v) is 15.6. The van der Waals surface area contributed by atoms with Gasteiger partial charge in [-0.1, -0.05) is 48.5 Å². The second kappa shape index (κ2) is 8.64. The molecule has 3 rings (SSSR count). The molecule has 5 heteroatoms. The molecule has 140 valence electrons. The van der Waals surface area contributed by atoms with Crippen molar-refractivity contribution in [1.82, 2.24) is 10.2 Å². The van der Waals surface area contributed by atoms with Gasteiger partial charge in [0.25, 0.3) is 11.8 Å². The summed E-state index contributed by atoms with van der Waals surface area (Å²) >= 11 is 0. The molecule has 1 heterocycles. The number of benzene rings is 2. The third kappa shape index (κ3) is 5.05. The van der Waals surface area contributed by atoms with Crippen LogP contribution < -0.4 is 5.32 Å². The van der Waals surface area contributed by atoms with Crippen molar-refractivity contribution in [2.24, 2.45) is 0 Å². The van der Waals surface area contributed by atoms with Gasteiger partial charge in [0.15, 0.2) is 0 Å². The average Bonchev–Trinajstić information content (AvgIpc) is 2.67. The lowest BCUT2D eigenvalue weighted by atomic mass is 10.1. The summed E-state index contributed by atoms with van der Waals surface area (Å²) in [6.45, 7) is 4.88. The lowest BCUT2D eigenvalue weighted by Gasteiger charge is -2.35. The Labute approximate surface area is 159 Å². The molecule has 1 aliphatic heterocycles. The monoisotopic (exact) mass is 364 g/mol. The Hall–Kier alpha value is -2.92. The predicted molar refractivity (Wildman–Crippen MR) is 105 cm³/mol. The number of hydrogen-bond donors (Lipinski definition) is 1. The minimum Gasteiger partial charge on any atom is -0.372 e. The normalized spacial score (nSPS) is 20.2. The van der Waals surface area contributed by atoms with Gasteiger partial charge in [0.1, 0.15) is 5.70 Å². The summed E-state index contributed by atoms with van der Waals surface area (Å²) in [5, 5.41) is 2.80. The van der Waals surface area contributed by atoms with E-state index in [1.54, 1.807) is 35.2 Å². The van der Waals surface area contributed by atoms with E-state index in [1.165, 1.54) is 0 Å². The number of nitrogens with zero attached hydrogens (tertiary/aromatic N) is 1. The average molecular weight is 364 g/mol. The van der Waals surface area contributed by atoms with Crippen LogP contribution in [0.15, 0.2) is 66.4 Å². The molecule has 1 aliphatic rings. The summed E-state index contributed by atoms with van der Waals surface area (Å²) in [4.78, 5) is 27.5. The number of morpholine rings is 1. The van der Waals surface area contributed by atoms with Crippen molar-refractivity contribution < 1.29 is 14.3 Å². The topological polar surface area (TPSA) is 58.6 Å². The van der Waals surface area contributed by atoms with E-state index in [4.69, 9.17) is 4.74 Å². The minimum absolute atomic E-state index is 0.0412. The molecular weight excluding hydrogens is 340 g/mol. The SMILES string of the molecule is CC1CN(C(=O)/C(=C/c2ccccc2)NC(=O)c2ccccc2)CC(C)O1. The van der Waals surface area contributed by atoms with Gasteiger partial charge in [0, 0.05) is 18.7 Å². The van der Waals surface area contributed by atoms with Crippen LogP contribution in [-0.4, -0.2) is 42.0 Å². The highest BCUT2D eigenvalue weighted by Crippen LogP contribution is 2.15. The first-order valence-corrected chi connectivity index (χ1v) is 9.11. The fourth-order valence-electron chi connectivity index (χ4n) is 3.17. The Kier molecular flexibility index (Phi) is 6.04. The van der Waals surface area contributed by atoms with Crippen molar-refractivity contribution in [2.75, 3.05) is 13.1 Å². The summed E-state index contributed by atoms with van der Waals surface area (Å²) < 4.78 is 5.71. The Morgan fingerprint density at radius 3 is 2.11 bits per heavy atom. The number of carbonyl (C=O) groups is 2. The van der Waals surface area contributed by atoms with Crippen LogP contribution in [0.25, 0.3) is 6.08 Å². The maximum Gasteiger partial charge on any atom is 0.270 e. The van der Waals surface area contributed by atoms with Crippen molar-refractivity contribution in [3.8, 4) is 0 Å². The second-order valence-corrected chi connectivity index (χ2v) is 6.76. The highest BCUT2D eigenvalue weighted by atomic mass is 16.5. The predicted octanol–water partition coefficient (Wildman–Crippen LogP) is 3.09. The van der Waals surface area contributed by atoms with Gasteiger partial charge in [-0.05, 0) is 37.6 Å². The Balaban J connectivity index is 1.87. The zero-order chi connectivity index (χ0) is 19.2. The summed E-state index contributed by atoms with van der Waals surface area (Å²) in [6, 6.07) is 18.4. The van der Waals surface area contributed by atoms with Crippen LogP contribution in [0.3, 0.4) is 0 Å². The highest BCUT2D eigenvalue weighted by Gasteiger charge is 2.28. The van der Waals surface area contributed by atoms with Gasteiger partial charge in [-0.2, -0.15) is 0 Å². The number of hydrogen-bond acceptors (Lipinski definition) is 3. The van der Waals surface area contributed by atoms with Crippen molar-refractivity contribution in [1.29, 1.82) is 0 Å². The van der Waals surface area contributed by atoms with Crippen LogP contribution in [0.2, 0.25) is 0 Å². The molecule has 0 radical (unpaired) electrons. The maximum atomic E-state index is 13.1. The first-order valence-electron chi connectivity index (χ1n) is 9.11. The molecule has 1 saturated heterocycles. The van der Waals surface area contributed by atoms with Gasteiger partial charge >= 0.3 is 0 Å². The molecule has 1 N–H and O–H groups in total. The van der Waals surface area contributed by atoms with Crippen molar-refractivity contribution >= 4 is 17.9 Å². The molecule has 5 nitrogen and oxygen atoms in total. The third-order valence-corrected chi connectivity index (χ3v) is 4.33. The fourth-order valence-corrected chi connectivity index (χ4v) is 3.17. The van der Waals surface area contributed by atoms with Gasteiger partial charge in [-0.3, -0.25) is 9.59 Å². The number of rotatable bonds is 4. The first kappa shape index (κ1) is 18.9. The van der Waals surface area contributed by atoms with Crippen molar-refractivity contribution in [2.45, 2.75) is 26.1 Å². The summed E-state index contributed by atoms with van der Waals surface area (Å²) in [7, 11) is 0. The largest absolute Gasteiger partial charge is 0.372 e. The van der Waals surface area contributed by atoms with Gasteiger partial charge < -0.3 is 15.0 Å². The standard InChI is InChI=1S/C22H24N2O3/c1-16-14-24(15-17(2)27-16)22(26)20(13-18-9-5-3-6-10-18)23-21(25)19-11-7-4-8-12-19/h3-13,16-17H,14-15H2,1-2H3,(H,23,25)/b20-13-. The molecule has 0 aromatic heterocycles. The van der Waals surface area contributed by atoms with E-state index in [-0.39, 0.29) is 29.7 Å². The molecule has 1 fully saturated rings. The van der Waals surface area contributed by atoms with Gasteiger partial charge in [0.2, 0.25) is 0 Å². The van der Waals surface area contributed by atoms with E-state index in [0.717, 1.165) is 5.56 Å². The Morgan fingerprint density at radius 1 is 0.963 bits per heavy atom. The van der Waals surface area contributed by atoms with Crippen LogP contribution in [0.5, 0.6) is 0 Å². The first-order chi connectivity index (χ1) is 13.0. The molecule has 2 aromatic carbocycles. The molecular formula is C22H24N2O3. The van der Waals surface area contributed by atoms with Crippen LogP contribution in [0.4, 0.5) is 0 Å². The minimum atomic E-state index is -0.305. The third-order valence-electron chi connectivity index (χ3n) is 4.33. The van der Waals surface area contributed by atoms with E-state index in [9.17, 15) is 9.59 Å². The van der Waals surface area contributed by atoms with Crippen LogP contribution >= 0.6 is 0 Å². The van der Waals surface area contributed by atoms with E-state index < -0.39 is 0 Å². The highest BCUT2D eigenvalue weighted by molar-refractivity contribution is 6.05. The molecule has 0 saturated carbocycles. The fraction of sp³-hybridized carbons (Fsp3) is 0.273. The zero-order valence-electron chi connectivity index (χ0n) is 15.6. The van der Waals surface area contributed by atoms with Crippen molar-refractivity contribution in [3.63, 3.8) is 0 Å². The maximum absolute atomic E-state index is 13.1. The van der Waals surface area contributed by atoms with Gasteiger partial charge in [-0.25, -0.2) is 0 Å². The van der Waals surface area contributed by atoms with E-state index >= 15 is 0 Å². The molecule has 2 atom stereocenters. The smallest absolute Gasteiger partial charge is 0.270 e. The van der Waals surface area contributed by atoms with E-state index in [1.807, 2.05) is 50.2 Å². The Morgan fingerprint density at radius 2 is 1.52 bits per heavy atom. The van der Waals surface area contributed by atoms with Crippen LogP contribution in [0, 0.1) is 0 Å². The number of ether oxygens (including phenoxy) is 1. The second-order valence-electron chi connectivity index (χ2n) is 6.76. The summed E-state index contributed by atoms with van der Waals surface area (Å²) in [5.74, 6) is -0.509. The lowest BCUT2D eigenvalue weighted by Crippen LogP contribution is -2.50. The molecule has 2 aromatic rings. The van der Waals surface area contributed by atoms with E-state index in [2.05, 4.69) is 5.32 Å². The lowest BCUT2D eigenvalue weighted by molar-refractivity contribution is -0.139. The molecule has 0 aliphatic carbocycles. The van der Waals surface area contributed by atoms with Gasteiger partial charge in [0.05, 0.1) is 12.2 Å². The number of nitrogens with one attached hydrogen (secondary N) is 1. The molecule has 27 heavy (non-hydrogen) atoms. The summed E-state index contributed by atoms with van der Waals surface area (Å²) in [6.07, 6.45) is 1.63. The van der Waals surface area contributed by atoms with Gasteiger partial charge in [-0.15, -0.1) is 0 Å². The molecule has 0 spiro atoms. The molecule has 2 unspecified atom stereocenters. The quantitative estimate of drug-likeness (QED) is 0.848. The van der Waals surface area contributed by atoms with Crippen LogP contribution in [0.1, 0.15) is 29.8 Å². The number of carbonyl (C=O) groups excluding carboxylic acids is 2.